The molecule has 0 fully saturated rings. The Bertz CT molecular complexity index is 887. The molecule has 0 unspecified atom stereocenters. The highest BCUT2D eigenvalue weighted by Crippen LogP contribution is 2.14. The highest BCUT2D eigenvalue weighted by molar-refractivity contribution is 6.13. The summed E-state index contributed by atoms with van der Waals surface area (Å²) in [5.41, 5.74) is 2.20. The van der Waals surface area contributed by atoms with E-state index in [0.717, 1.165) is 5.69 Å². The van der Waals surface area contributed by atoms with Gasteiger partial charge in [0.25, 0.3) is 0 Å². The molecule has 0 spiro atoms. The van der Waals surface area contributed by atoms with Gasteiger partial charge >= 0.3 is 0 Å². The normalized spacial score (nSPS) is 11.0. The number of ketones is 1. The molecule has 1 heterocycles. The van der Waals surface area contributed by atoms with Crippen molar-refractivity contribution in [3.63, 3.8) is 0 Å². The van der Waals surface area contributed by atoms with Gasteiger partial charge in [-0.1, -0.05) is 48.5 Å². The number of Topliss-reactive ketones (excluding diaryl/α,β-unsaturated/α-hetero) is 1. The fraction of sp³-hybridized carbons (Fsp3) is 0. The minimum absolute atomic E-state index is 0.0869. The fourth-order valence-corrected chi connectivity index (χ4v) is 2.19. The van der Waals surface area contributed by atoms with Crippen molar-refractivity contribution >= 4 is 11.9 Å². The molecule has 1 aromatic heterocycles. The second-order valence-electron chi connectivity index (χ2n) is 4.92. The third kappa shape index (κ3) is 3.25. The SMILES string of the molecule is N#C/C(=C\c1cnn(-c2ccccc2)c1)C(=O)c1ccccc1. The maximum Gasteiger partial charge on any atom is 0.203 e. The van der Waals surface area contributed by atoms with Gasteiger partial charge in [0.1, 0.15) is 11.6 Å². The molecule has 0 radical (unpaired) electrons. The van der Waals surface area contributed by atoms with Crippen LogP contribution in [0.3, 0.4) is 0 Å². The summed E-state index contributed by atoms with van der Waals surface area (Å²) in [6.45, 7) is 0. The van der Waals surface area contributed by atoms with Gasteiger partial charge in [0.05, 0.1) is 11.9 Å². The molecule has 0 aliphatic carbocycles. The summed E-state index contributed by atoms with van der Waals surface area (Å²) in [5.74, 6) is -0.291. The summed E-state index contributed by atoms with van der Waals surface area (Å²) >= 11 is 0. The molecule has 0 aliphatic rings. The van der Waals surface area contributed by atoms with Gasteiger partial charge in [0, 0.05) is 17.3 Å². The number of hydrogen-bond donors (Lipinski definition) is 0. The van der Waals surface area contributed by atoms with Crippen molar-refractivity contribution in [1.29, 1.82) is 5.26 Å². The molecule has 3 rings (SSSR count). The van der Waals surface area contributed by atoms with Crippen LogP contribution in [0.25, 0.3) is 11.8 Å². The van der Waals surface area contributed by atoms with E-state index in [2.05, 4.69) is 5.10 Å². The van der Waals surface area contributed by atoms with Crippen LogP contribution in [0.1, 0.15) is 15.9 Å². The quantitative estimate of drug-likeness (QED) is 0.419. The average Bonchev–Trinajstić information content (AvgIpc) is 3.09. The zero-order valence-corrected chi connectivity index (χ0v) is 12.3. The van der Waals surface area contributed by atoms with Gasteiger partial charge in [-0.15, -0.1) is 0 Å². The van der Waals surface area contributed by atoms with Crippen molar-refractivity contribution in [3.05, 3.63) is 89.8 Å². The number of para-hydroxylation sites is 1. The van der Waals surface area contributed by atoms with Gasteiger partial charge < -0.3 is 0 Å². The van der Waals surface area contributed by atoms with Crippen LogP contribution in [0.15, 0.2) is 78.6 Å². The average molecular weight is 299 g/mol. The third-order valence-corrected chi connectivity index (χ3v) is 3.34. The molecule has 2 aromatic carbocycles. The first-order chi connectivity index (χ1) is 11.3. The fourth-order valence-electron chi connectivity index (χ4n) is 2.19. The Balaban J connectivity index is 1.90. The minimum atomic E-state index is -0.291. The van der Waals surface area contributed by atoms with Crippen LogP contribution in [0, 0.1) is 11.3 Å². The molecule has 0 bridgehead atoms. The number of allylic oxidation sites excluding steroid dienone is 1. The minimum Gasteiger partial charge on any atom is -0.288 e. The van der Waals surface area contributed by atoms with Crippen LogP contribution in [0.4, 0.5) is 0 Å². The van der Waals surface area contributed by atoms with E-state index in [1.165, 1.54) is 0 Å². The van der Waals surface area contributed by atoms with E-state index in [-0.39, 0.29) is 11.4 Å². The van der Waals surface area contributed by atoms with E-state index >= 15 is 0 Å². The predicted molar refractivity (Wildman–Crippen MR) is 87.9 cm³/mol. The first-order valence-corrected chi connectivity index (χ1v) is 7.09. The first kappa shape index (κ1) is 14.5. The number of nitriles is 1. The maximum atomic E-state index is 12.3. The van der Waals surface area contributed by atoms with Gasteiger partial charge in [-0.25, -0.2) is 4.68 Å². The van der Waals surface area contributed by atoms with Gasteiger partial charge in [-0.2, -0.15) is 10.4 Å². The molecule has 0 saturated carbocycles. The largest absolute Gasteiger partial charge is 0.288 e. The number of benzene rings is 2. The Kier molecular flexibility index (Phi) is 4.12. The number of aromatic nitrogens is 2. The van der Waals surface area contributed by atoms with Gasteiger partial charge in [-0.05, 0) is 18.2 Å². The zero-order chi connectivity index (χ0) is 16.1. The van der Waals surface area contributed by atoms with E-state index < -0.39 is 0 Å². The molecule has 0 amide bonds. The molecule has 0 N–H and O–H groups in total. The van der Waals surface area contributed by atoms with Crippen molar-refractivity contribution in [2.75, 3.05) is 0 Å². The molecule has 4 nitrogen and oxygen atoms in total. The third-order valence-electron chi connectivity index (χ3n) is 3.34. The van der Waals surface area contributed by atoms with E-state index in [0.29, 0.717) is 11.1 Å². The molecule has 110 valence electrons. The number of nitrogens with zero attached hydrogens (tertiary/aromatic N) is 3. The van der Waals surface area contributed by atoms with E-state index in [9.17, 15) is 10.1 Å². The Labute approximate surface area is 133 Å². The Hall–Kier alpha value is -3.45. The summed E-state index contributed by atoms with van der Waals surface area (Å²) in [7, 11) is 0. The van der Waals surface area contributed by atoms with Crippen LogP contribution in [0.5, 0.6) is 0 Å². The highest BCUT2D eigenvalue weighted by atomic mass is 16.1. The van der Waals surface area contributed by atoms with Crippen LogP contribution in [0.2, 0.25) is 0 Å². The van der Waals surface area contributed by atoms with Crippen LogP contribution in [-0.2, 0) is 0 Å². The zero-order valence-electron chi connectivity index (χ0n) is 12.3. The highest BCUT2D eigenvalue weighted by Gasteiger charge is 2.12. The summed E-state index contributed by atoms with van der Waals surface area (Å²) in [6, 6.07) is 20.4. The van der Waals surface area contributed by atoms with Gasteiger partial charge in [0.15, 0.2) is 0 Å². The number of carbonyl (C=O) groups is 1. The lowest BCUT2D eigenvalue weighted by atomic mass is 10.0. The van der Waals surface area contributed by atoms with Crippen molar-refractivity contribution in [1.82, 2.24) is 9.78 Å². The van der Waals surface area contributed by atoms with Gasteiger partial charge in [0.2, 0.25) is 5.78 Å². The lowest BCUT2D eigenvalue weighted by Gasteiger charge is -1.99. The van der Waals surface area contributed by atoms with Crippen molar-refractivity contribution in [2.45, 2.75) is 0 Å². The van der Waals surface area contributed by atoms with E-state index in [1.807, 2.05) is 42.5 Å². The topological polar surface area (TPSA) is 58.7 Å². The summed E-state index contributed by atoms with van der Waals surface area (Å²) in [6.07, 6.45) is 4.97. The standard InChI is InChI=1S/C19H13N3O/c20-12-17(19(23)16-7-3-1-4-8-16)11-15-13-21-22(14-15)18-9-5-2-6-10-18/h1-11,13-14H/b17-11+. The molecule has 0 aliphatic heterocycles. The molecule has 4 heteroatoms. The van der Waals surface area contributed by atoms with E-state index in [1.54, 1.807) is 47.4 Å². The monoisotopic (exact) mass is 299 g/mol. The summed E-state index contributed by atoms with van der Waals surface area (Å²) < 4.78 is 1.70. The van der Waals surface area contributed by atoms with Crippen LogP contribution >= 0.6 is 0 Å². The summed E-state index contributed by atoms with van der Waals surface area (Å²) in [4.78, 5) is 12.3. The Morgan fingerprint density at radius 1 is 1.04 bits per heavy atom. The predicted octanol–water partition coefficient (Wildman–Crippen LogP) is 3.66. The molecule has 23 heavy (non-hydrogen) atoms. The molecule has 0 atom stereocenters. The van der Waals surface area contributed by atoms with Crippen LogP contribution in [-0.4, -0.2) is 15.6 Å². The number of rotatable bonds is 4. The number of hydrogen-bond acceptors (Lipinski definition) is 3. The summed E-state index contributed by atoms with van der Waals surface area (Å²) in [5, 5.41) is 13.5. The second kappa shape index (κ2) is 6.54. The lowest BCUT2D eigenvalue weighted by molar-refractivity contribution is 0.104. The maximum absolute atomic E-state index is 12.3. The smallest absolute Gasteiger partial charge is 0.203 e. The van der Waals surface area contributed by atoms with Crippen LogP contribution < -0.4 is 0 Å². The lowest BCUT2D eigenvalue weighted by Crippen LogP contribution is -2.01. The molecular formula is C19H13N3O. The Morgan fingerprint density at radius 3 is 2.35 bits per heavy atom. The van der Waals surface area contributed by atoms with Crippen molar-refractivity contribution in [2.24, 2.45) is 0 Å². The molecule has 3 aromatic rings. The van der Waals surface area contributed by atoms with Gasteiger partial charge in [-0.3, -0.25) is 4.79 Å². The van der Waals surface area contributed by atoms with Crippen molar-refractivity contribution in [3.8, 4) is 11.8 Å². The molecule has 0 saturated heterocycles. The second-order valence-corrected chi connectivity index (χ2v) is 4.92. The van der Waals surface area contributed by atoms with Crippen molar-refractivity contribution < 1.29 is 4.79 Å². The first-order valence-electron chi connectivity index (χ1n) is 7.09. The van der Waals surface area contributed by atoms with E-state index in [4.69, 9.17) is 0 Å². The molecular weight excluding hydrogens is 286 g/mol. The number of carbonyl (C=O) groups excluding carboxylic acids is 1. The Morgan fingerprint density at radius 2 is 1.70 bits per heavy atom.